The van der Waals surface area contributed by atoms with Crippen LogP contribution in [0, 0.1) is 13.8 Å². The second-order valence-electron chi connectivity index (χ2n) is 6.32. The molecule has 1 atom stereocenters. The maximum Gasteiger partial charge on any atom is 0.279 e. The van der Waals surface area contributed by atoms with Crippen molar-refractivity contribution in [2.45, 2.75) is 19.8 Å². The van der Waals surface area contributed by atoms with Crippen LogP contribution in [0.25, 0.3) is 0 Å². The molecule has 0 aromatic heterocycles. The average molecular weight is 361 g/mol. The van der Waals surface area contributed by atoms with Crippen LogP contribution < -0.4 is 21.9 Å². The van der Waals surface area contributed by atoms with Crippen molar-refractivity contribution in [1.82, 2.24) is 16.2 Å². The van der Waals surface area contributed by atoms with Gasteiger partial charge in [-0.25, -0.2) is 4.99 Å². The Bertz CT molecular complexity index is 914. The Morgan fingerprint density at radius 3 is 2.26 bits per heavy atom. The number of aryl methyl sites for hydroxylation is 2. The summed E-state index contributed by atoms with van der Waals surface area (Å²) < 4.78 is 0. The monoisotopic (exact) mass is 361 g/mol. The minimum Gasteiger partial charge on any atom is -0.315 e. The Hall–Kier alpha value is -3.45. The van der Waals surface area contributed by atoms with E-state index in [9.17, 15) is 0 Å². The summed E-state index contributed by atoms with van der Waals surface area (Å²) in [5.74, 6) is -0.648. The molecule has 2 aromatic rings. The van der Waals surface area contributed by atoms with E-state index in [2.05, 4.69) is 31.4 Å². The van der Waals surface area contributed by atoms with Crippen LogP contribution in [0.15, 0.2) is 75.6 Å². The molecule has 1 aliphatic rings. The normalized spacial score (nSPS) is 19.1. The third-order valence-corrected chi connectivity index (χ3v) is 3.78. The second kappa shape index (κ2) is 8.29. The summed E-state index contributed by atoms with van der Waals surface area (Å²) in [6.45, 7) is 4.07. The highest BCUT2D eigenvalue weighted by Crippen LogP contribution is 2.04. The predicted octanol–water partition coefficient (Wildman–Crippen LogP) is 1.94. The van der Waals surface area contributed by atoms with E-state index in [0.29, 0.717) is 5.82 Å². The van der Waals surface area contributed by atoms with Crippen LogP contribution in [0.3, 0.4) is 0 Å². The molecule has 7 heteroatoms. The van der Waals surface area contributed by atoms with Crippen molar-refractivity contribution >= 4 is 18.6 Å². The van der Waals surface area contributed by atoms with Gasteiger partial charge in [0.1, 0.15) is 5.82 Å². The van der Waals surface area contributed by atoms with Gasteiger partial charge in [-0.05, 0) is 31.1 Å². The molecule has 0 radical (unpaired) electrons. The van der Waals surface area contributed by atoms with Crippen LogP contribution in [-0.4, -0.2) is 24.6 Å². The lowest BCUT2D eigenvalue weighted by atomic mass is 10.2. The number of nitrogens with one attached hydrogen (secondary N) is 3. The van der Waals surface area contributed by atoms with Crippen molar-refractivity contribution in [2.24, 2.45) is 20.9 Å². The molecule has 1 aliphatic heterocycles. The van der Waals surface area contributed by atoms with Gasteiger partial charge in [0.2, 0.25) is 0 Å². The fourth-order valence-electron chi connectivity index (χ4n) is 2.51. The maximum atomic E-state index is 6.18. The first-order chi connectivity index (χ1) is 13.0. The lowest BCUT2D eigenvalue weighted by Crippen LogP contribution is -2.62. The highest BCUT2D eigenvalue weighted by molar-refractivity contribution is 5.80. The van der Waals surface area contributed by atoms with Gasteiger partial charge in [0.15, 0.2) is 0 Å². The topological polar surface area (TPSA) is 99.2 Å². The summed E-state index contributed by atoms with van der Waals surface area (Å²) in [7, 11) is 0. The number of rotatable bonds is 6. The molecule has 0 spiro atoms. The number of benzene rings is 2. The smallest absolute Gasteiger partial charge is 0.279 e. The Balaban J connectivity index is 1.56. The molecule has 0 amide bonds. The van der Waals surface area contributed by atoms with Crippen LogP contribution in [0.5, 0.6) is 0 Å². The average Bonchev–Trinajstić information content (AvgIpc) is 2.62. The summed E-state index contributed by atoms with van der Waals surface area (Å²) in [4.78, 5) is 4.19. The van der Waals surface area contributed by atoms with Crippen molar-refractivity contribution in [2.75, 3.05) is 0 Å². The summed E-state index contributed by atoms with van der Waals surface area (Å²) in [6.07, 6.45) is 6.77. The maximum absolute atomic E-state index is 6.18. The standard InChI is InChI=1S/C20H23N7/c1-15-5-3-7-17(11-15)13-23-26-19-9-10-22-20(21,25-19)27-24-14-18-8-4-6-16(2)12-18/h3-14,25-27H,21H2,1-2H3. The van der Waals surface area contributed by atoms with Crippen molar-refractivity contribution in [3.05, 3.63) is 82.7 Å². The number of hydrogen-bond acceptors (Lipinski definition) is 7. The number of hydrazone groups is 2. The molecule has 1 unspecified atom stereocenters. The minimum absolute atomic E-state index is 0.606. The molecule has 2 aromatic carbocycles. The van der Waals surface area contributed by atoms with E-state index in [4.69, 9.17) is 5.73 Å². The summed E-state index contributed by atoms with van der Waals surface area (Å²) >= 11 is 0. The Morgan fingerprint density at radius 2 is 1.63 bits per heavy atom. The van der Waals surface area contributed by atoms with E-state index in [1.807, 2.05) is 62.4 Å². The second-order valence-corrected chi connectivity index (χ2v) is 6.32. The van der Waals surface area contributed by atoms with Gasteiger partial charge in [-0.2, -0.15) is 10.2 Å². The molecule has 3 rings (SSSR count). The number of nitrogens with two attached hydrogens (primary N) is 1. The zero-order valence-corrected chi connectivity index (χ0v) is 15.3. The van der Waals surface area contributed by atoms with Gasteiger partial charge in [0, 0.05) is 6.21 Å². The van der Waals surface area contributed by atoms with Gasteiger partial charge < -0.3 is 5.32 Å². The predicted molar refractivity (Wildman–Crippen MR) is 110 cm³/mol. The zero-order valence-electron chi connectivity index (χ0n) is 15.3. The quantitative estimate of drug-likeness (QED) is 0.359. The third-order valence-electron chi connectivity index (χ3n) is 3.78. The summed E-state index contributed by atoms with van der Waals surface area (Å²) in [6, 6.07) is 16.1. The molecule has 0 saturated heterocycles. The van der Waals surface area contributed by atoms with E-state index in [1.54, 1.807) is 24.7 Å². The fourth-order valence-corrected chi connectivity index (χ4v) is 2.51. The van der Waals surface area contributed by atoms with Crippen molar-refractivity contribution < 1.29 is 0 Å². The molecule has 5 N–H and O–H groups in total. The number of hydrogen-bond donors (Lipinski definition) is 4. The first kappa shape index (κ1) is 18.3. The highest BCUT2D eigenvalue weighted by atomic mass is 15.6. The van der Waals surface area contributed by atoms with Crippen molar-refractivity contribution in [3.63, 3.8) is 0 Å². The van der Waals surface area contributed by atoms with Gasteiger partial charge in [-0.1, -0.05) is 59.7 Å². The Labute approximate surface area is 158 Å². The summed E-state index contributed by atoms with van der Waals surface area (Å²) in [5, 5.41) is 11.4. The molecule has 0 fully saturated rings. The van der Waals surface area contributed by atoms with Gasteiger partial charge in [-0.15, -0.1) is 0 Å². The van der Waals surface area contributed by atoms with Gasteiger partial charge in [0.05, 0.1) is 12.4 Å². The van der Waals surface area contributed by atoms with E-state index in [-0.39, 0.29) is 0 Å². The molecular formula is C20H23N7. The number of aliphatic imine (C=N–C) groups is 1. The Morgan fingerprint density at radius 1 is 1.00 bits per heavy atom. The first-order valence-electron chi connectivity index (χ1n) is 8.58. The van der Waals surface area contributed by atoms with Crippen LogP contribution in [0.2, 0.25) is 0 Å². The lowest BCUT2D eigenvalue weighted by Gasteiger charge is -2.29. The Kier molecular flexibility index (Phi) is 5.63. The van der Waals surface area contributed by atoms with Crippen LogP contribution in [-0.2, 0) is 0 Å². The SMILES string of the molecule is Cc1cccc(C=NNC2=CC=NC(N)(NN=Cc3cccc(C)c3)N2)c1. The van der Waals surface area contributed by atoms with Gasteiger partial charge >= 0.3 is 0 Å². The van der Waals surface area contributed by atoms with E-state index < -0.39 is 5.91 Å². The molecule has 1 heterocycles. The van der Waals surface area contributed by atoms with Crippen LogP contribution in [0.1, 0.15) is 22.3 Å². The van der Waals surface area contributed by atoms with E-state index >= 15 is 0 Å². The van der Waals surface area contributed by atoms with Crippen LogP contribution in [0.4, 0.5) is 0 Å². The largest absolute Gasteiger partial charge is 0.315 e. The molecule has 0 bridgehead atoms. The third kappa shape index (κ3) is 5.52. The molecule has 7 nitrogen and oxygen atoms in total. The van der Waals surface area contributed by atoms with Crippen molar-refractivity contribution in [1.29, 1.82) is 0 Å². The molecule has 138 valence electrons. The molecule has 27 heavy (non-hydrogen) atoms. The molecule has 0 saturated carbocycles. The van der Waals surface area contributed by atoms with Crippen LogP contribution >= 0.6 is 0 Å². The molecule has 0 aliphatic carbocycles. The zero-order chi connectivity index (χ0) is 19.1. The fraction of sp³-hybridized carbons (Fsp3) is 0.150. The number of nitrogens with zero attached hydrogens (tertiary/aromatic N) is 3. The number of allylic oxidation sites excluding steroid dienone is 1. The summed E-state index contributed by atoms with van der Waals surface area (Å²) in [5.41, 5.74) is 16.2. The first-order valence-corrected chi connectivity index (χ1v) is 8.58. The van der Waals surface area contributed by atoms with E-state index in [1.165, 1.54) is 5.56 Å². The lowest BCUT2D eigenvalue weighted by molar-refractivity contribution is 0.299. The molecular weight excluding hydrogens is 338 g/mol. The minimum atomic E-state index is -1.25. The van der Waals surface area contributed by atoms with Crippen molar-refractivity contribution in [3.8, 4) is 0 Å². The van der Waals surface area contributed by atoms with E-state index in [0.717, 1.165) is 16.7 Å². The highest BCUT2D eigenvalue weighted by Gasteiger charge is 2.25. The van der Waals surface area contributed by atoms with Gasteiger partial charge in [-0.3, -0.25) is 16.6 Å². The van der Waals surface area contributed by atoms with Gasteiger partial charge in [0.25, 0.3) is 5.91 Å².